The molecule has 1 unspecified atom stereocenters. The highest BCUT2D eigenvalue weighted by molar-refractivity contribution is 9.10. The van der Waals surface area contributed by atoms with Gasteiger partial charge in [0.05, 0.1) is 12.0 Å². The minimum atomic E-state index is -0.0461. The maximum atomic E-state index is 12.1. The molecule has 2 aromatic rings. The van der Waals surface area contributed by atoms with Gasteiger partial charge >= 0.3 is 0 Å². The van der Waals surface area contributed by atoms with Gasteiger partial charge in [-0.3, -0.25) is 9.36 Å². The fourth-order valence-electron chi connectivity index (χ4n) is 1.91. The van der Waals surface area contributed by atoms with Gasteiger partial charge in [0.15, 0.2) is 0 Å². The van der Waals surface area contributed by atoms with Crippen molar-refractivity contribution in [2.45, 2.75) is 19.4 Å². The summed E-state index contributed by atoms with van der Waals surface area (Å²) in [5, 5.41) is 0. The molecular weight excluding hydrogens is 324 g/mol. The molecule has 0 saturated carbocycles. The van der Waals surface area contributed by atoms with Gasteiger partial charge in [0.25, 0.3) is 5.56 Å². The Labute approximate surface area is 126 Å². The van der Waals surface area contributed by atoms with E-state index in [-0.39, 0.29) is 11.5 Å². The molecule has 1 aromatic heterocycles. The zero-order valence-corrected chi connectivity index (χ0v) is 13.1. The topological polar surface area (TPSA) is 34.9 Å². The third-order valence-corrected chi connectivity index (χ3v) is 4.42. The second-order valence-electron chi connectivity index (χ2n) is 4.39. The highest BCUT2D eigenvalue weighted by Crippen LogP contribution is 2.19. The third-order valence-electron chi connectivity index (χ3n) is 3.07. The Balaban J connectivity index is 2.30. The first-order valence-corrected chi connectivity index (χ1v) is 7.43. The number of hydrogen-bond acceptors (Lipinski definition) is 3. The van der Waals surface area contributed by atoms with Gasteiger partial charge in [-0.15, -0.1) is 0 Å². The highest BCUT2D eigenvalue weighted by atomic mass is 79.9. The number of nitrogens with zero attached hydrogens (tertiary/aromatic N) is 2. The van der Waals surface area contributed by atoms with Crippen LogP contribution in [0.15, 0.2) is 45.9 Å². The van der Waals surface area contributed by atoms with Crippen LogP contribution in [0.25, 0.3) is 0 Å². The summed E-state index contributed by atoms with van der Waals surface area (Å²) in [5.41, 5.74) is 1.85. The molecule has 1 heterocycles. The number of halogens is 1. The SMILES string of the molecule is Cc1ncn(CC(CS)c2ccccc2)c(=O)c1Br. The fourth-order valence-corrected chi connectivity index (χ4v) is 2.56. The van der Waals surface area contributed by atoms with Crippen LogP contribution in [-0.4, -0.2) is 15.3 Å². The van der Waals surface area contributed by atoms with E-state index >= 15 is 0 Å². The number of benzene rings is 1. The van der Waals surface area contributed by atoms with Crippen molar-refractivity contribution < 1.29 is 0 Å². The van der Waals surface area contributed by atoms with Crippen LogP contribution < -0.4 is 5.56 Å². The van der Waals surface area contributed by atoms with E-state index < -0.39 is 0 Å². The maximum Gasteiger partial charge on any atom is 0.267 e. The lowest BCUT2D eigenvalue weighted by molar-refractivity contribution is 0.574. The van der Waals surface area contributed by atoms with Crippen molar-refractivity contribution >= 4 is 28.6 Å². The van der Waals surface area contributed by atoms with Gasteiger partial charge < -0.3 is 0 Å². The first-order chi connectivity index (χ1) is 9.13. The molecule has 0 N–H and O–H groups in total. The first-order valence-electron chi connectivity index (χ1n) is 6.01. The van der Waals surface area contributed by atoms with Gasteiger partial charge in [0, 0.05) is 12.5 Å². The lowest BCUT2D eigenvalue weighted by Crippen LogP contribution is -2.25. The normalized spacial score (nSPS) is 12.4. The van der Waals surface area contributed by atoms with Gasteiger partial charge in [0.2, 0.25) is 0 Å². The van der Waals surface area contributed by atoms with E-state index in [9.17, 15) is 4.79 Å². The van der Waals surface area contributed by atoms with Crippen molar-refractivity contribution in [1.82, 2.24) is 9.55 Å². The van der Waals surface area contributed by atoms with Gasteiger partial charge in [-0.25, -0.2) is 4.98 Å². The van der Waals surface area contributed by atoms with Gasteiger partial charge in [-0.2, -0.15) is 12.6 Å². The van der Waals surface area contributed by atoms with Crippen LogP contribution in [0, 0.1) is 6.92 Å². The summed E-state index contributed by atoms with van der Waals surface area (Å²) in [6, 6.07) is 10.1. The minimum Gasteiger partial charge on any atom is -0.298 e. The van der Waals surface area contributed by atoms with Gasteiger partial charge in [-0.05, 0) is 34.2 Å². The summed E-state index contributed by atoms with van der Waals surface area (Å²) in [6.45, 7) is 2.39. The second kappa shape index (κ2) is 6.39. The van der Waals surface area contributed by atoms with Crippen LogP contribution in [0.1, 0.15) is 17.2 Å². The lowest BCUT2D eigenvalue weighted by Gasteiger charge is -2.16. The van der Waals surface area contributed by atoms with E-state index in [1.165, 1.54) is 5.56 Å². The zero-order chi connectivity index (χ0) is 13.8. The van der Waals surface area contributed by atoms with Crippen LogP contribution in [0.3, 0.4) is 0 Å². The molecule has 1 atom stereocenters. The summed E-state index contributed by atoms with van der Waals surface area (Å²) in [7, 11) is 0. The Morgan fingerprint density at radius 2 is 2.05 bits per heavy atom. The van der Waals surface area contributed by atoms with Crippen molar-refractivity contribution in [3.05, 3.63) is 62.7 Å². The molecule has 1 aromatic carbocycles. The van der Waals surface area contributed by atoms with Gasteiger partial charge in [0.1, 0.15) is 4.47 Å². The number of hydrogen-bond donors (Lipinski definition) is 1. The first kappa shape index (κ1) is 14.3. The second-order valence-corrected chi connectivity index (χ2v) is 5.55. The summed E-state index contributed by atoms with van der Waals surface area (Å²) in [6.07, 6.45) is 1.60. The molecular formula is C14H15BrN2OS. The Morgan fingerprint density at radius 3 is 2.68 bits per heavy atom. The van der Waals surface area contributed by atoms with E-state index in [0.29, 0.717) is 22.5 Å². The summed E-state index contributed by atoms with van der Waals surface area (Å²) >= 11 is 7.67. The van der Waals surface area contributed by atoms with Gasteiger partial charge in [-0.1, -0.05) is 30.3 Å². The molecule has 0 aliphatic rings. The van der Waals surface area contributed by atoms with Crippen LogP contribution >= 0.6 is 28.6 Å². The smallest absolute Gasteiger partial charge is 0.267 e. The van der Waals surface area contributed by atoms with Crippen LogP contribution in [0.5, 0.6) is 0 Å². The summed E-state index contributed by atoms with van der Waals surface area (Å²) in [5.74, 6) is 0.876. The molecule has 0 amide bonds. The van der Waals surface area contributed by atoms with Crippen LogP contribution in [0.4, 0.5) is 0 Å². The third kappa shape index (κ3) is 3.28. The Hall–Kier alpha value is -1.07. The summed E-state index contributed by atoms with van der Waals surface area (Å²) < 4.78 is 2.16. The number of rotatable bonds is 4. The molecule has 0 spiro atoms. The molecule has 5 heteroatoms. The molecule has 2 rings (SSSR count). The molecule has 3 nitrogen and oxygen atoms in total. The average Bonchev–Trinajstić information content (AvgIpc) is 2.45. The molecule has 0 saturated heterocycles. The predicted octanol–water partition coefficient (Wildman–Crippen LogP) is 3.03. The van der Waals surface area contributed by atoms with E-state index in [2.05, 4.69) is 45.7 Å². The molecule has 0 aliphatic heterocycles. The van der Waals surface area contributed by atoms with Crippen molar-refractivity contribution in [2.75, 3.05) is 5.75 Å². The average molecular weight is 339 g/mol. The van der Waals surface area contributed by atoms with E-state index in [0.717, 1.165) is 0 Å². The number of aryl methyl sites for hydroxylation is 1. The highest BCUT2D eigenvalue weighted by Gasteiger charge is 2.13. The van der Waals surface area contributed by atoms with Crippen LogP contribution in [0.2, 0.25) is 0 Å². The Kier molecular flexibility index (Phi) is 4.82. The standard InChI is InChI=1S/C14H15BrN2OS/c1-10-13(15)14(18)17(9-16-10)7-12(8-19)11-5-3-2-4-6-11/h2-6,9,12,19H,7-8H2,1H3. The largest absolute Gasteiger partial charge is 0.298 e. The van der Waals surface area contributed by atoms with E-state index in [1.807, 2.05) is 25.1 Å². The molecule has 100 valence electrons. The molecule has 0 radical (unpaired) electrons. The molecule has 19 heavy (non-hydrogen) atoms. The molecule has 0 fully saturated rings. The lowest BCUT2D eigenvalue weighted by atomic mass is 10.0. The minimum absolute atomic E-state index is 0.0461. The zero-order valence-electron chi connectivity index (χ0n) is 10.6. The monoisotopic (exact) mass is 338 g/mol. The Bertz CT molecular complexity index is 613. The Morgan fingerprint density at radius 1 is 1.37 bits per heavy atom. The number of aromatic nitrogens is 2. The van der Waals surface area contributed by atoms with Crippen molar-refractivity contribution in [3.63, 3.8) is 0 Å². The van der Waals surface area contributed by atoms with Crippen molar-refractivity contribution in [3.8, 4) is 0 Å². The van der Waals surface area contributed by atoms with Crippen molar-refractivity contribution in [1.29, 1.82) is 0 Å². The maximum absolute atomic E-state index is 12.1. The molecule has 0 aliphatic carbocycles. The number of thiol groups is 1. The van der Waals surface area contributed by atoms with Crippen molar-refractivity contribution in [2.24, 2.45) is 0 Å². The fraction of sp³-hybridized carbons (Fsp3) is 0.286. The van der Waals surface area contributed by atoms with E-state index in [4.69, 9.17) is 0 Å². The van der Waals surface area contributed by atoms with E-state index in [1.54, 1.807) is 10.9 Å². The summed E-state index contributed by atoms with van der Waals surface area (Å²) in [4.78, 5) is 16.3. The van der Waals surface area contributed by atoms with Crippen LogP contribution in [-0.2, 0) is 6.54 Å². The quantitative estimate of drug-likeness (QED) is 0.869. The predicted molar refractivity (Wildman–Crippen MR) is 84.0 cm³/mol. The molecule has 0 bridgehead atoms.